The summed E-state index contributed by atoms with van der Waals surface area (Å²) in [5.74, 6) is 0.510. The standard InChI is InChI=1S/C25H27FN4O2/c1-14(2)13-30-17(5)21(22(27-25(30)31)18-10-9-15(3)16(4)11-18)24-28-23(29-32-24)19-7-6-8-20(26)12-19/h6-12,14,22H,13H2,1-5H3,(H,27,31). The summed E-state index contributed by atoms with van der Waals surface area (Å²) < 4.78 is 19.3. The number of halogens is 1. The molecule has 1 aliphatic heterocycles. The molecule has 1 unspecified atom stereocenters. The lowest BCUT2D eigenvalue weighted by Gasteiger charge is -2.36. The fourth-order valence-electron chi connectivity index (χ4n) is 3.92. The molecule has 0 aliphatic carbocycles. The average Bonchev–Trinajstić information content (AvgIpc) is 3.22. The number of hydrogen-bond acceptors (Lipinski definition) is 4. The van der Waals surface area contributed by atoms with Crippen molar-refractivity contribution in [1.29, 1.82) is 0 Å². The highest BCUT2D eigenvalue weighted by Gasteiger charge is 2.36. The van der Waals surface area contributed by atoms with Gasteiger partial charge in [-0.2, -0.15) is 4.98 Å². The molecule has 1 aliphatic rings. The predicted octanol–water partition coefficient (Wildman–Crippen LogP) is 5.65. The molecule has 2 aromatic carbocycles. The van der Waals surface area contributed by atoms with Crippen molar-refractivity contribution in [1.82, 2.24) is 20.4 Å². The number of carbonyl (C=O) groups is 1. The van der Waals surface area contributed by atoms with E-state index in [9.17, 15) is 9.18 Å². The van der Waals surface area contributed by atoms with Crippen molar-refractivity contribution in [3.63, 3.8) is 0 Å². The summed E-state index contributed by atoms with van der Waals surface area (Å²) in [6.07, 6.45) is 0. The molecule has 4 rings (SSSR count). The number of benzene rings is 2. The third kappa shape index (κ3) is 4.15. The van der Waals surface area contributed by atoms with Crippen LogP contribution >= 0.6 is 0 Å². The van der Waals surface area contributed by atoms with Crippen molar-refractivity contribution in [2.75, 3.05) is 6.54 Å². The van der Waals surface area contributed by atoms with Crippen LogP contribution in [0, 0.1) is 25.6 Å². The molecule has 2 heterocycles. The van der Waals surface area contributed by atoms with Gasteiger partial charge in [0.2, 0.25) is 5.82 Å². The summed E-state index contributed by atoms with van der Waals surface area (Å²) in [5.41, 5.74) is 5.27. The minimum Gasteiger partial charge on any atom is -0.334 e. The molecular weight excluding hydrogens is 407 g/mol. The monoisotopic (exact) mass is 434 g/mol. The first-order valence-corrected chi connectivity index (χ1v) is 10.7. The maximum absolute atomic E-state index is 13.7. The van der Waals surface area contributed by atoms with Gasteiger partial charge in [-0.15, -0.1) is 0 Å². The normalized spacial score (nSPS) is 16.7. The first kappa shape index (κ1) is 21.7. The Morgan fingerprint density at radius 1 is 1.12 bits per heavy atom. The van der Waals surface area contributed by atoms with E-state index in [-0.39, 0.29) is 17.8 Å². The van der Waals surface area contributed by atoms with Crippen molar-refractivity contribution in [3.8, 4) is 11.4 Å². The number of amides is 2. The third-order valence-corrected chi connectivity index (χ3v) is 5.75. The maximum atomic E-state index is 13.7. The van der Waals surface area contributed by atoms with E-state index < -0.39 is 6.04 Å². The zero-order valence-electron chi connectivity index (χ0n) is 18.9. The highest BCUT2D eigenvalue weighted by Crippen LogP contribution is 2.38. The molecule has 1 atom stereocenters. The molecule has 0 saturated heterocycles. The van der Waals surface area contributed by atoms with Crippen LogP contribution in [-0.4, -0.2) is 27.6 Å². The number of aryl methyl sites for hydroxylation is 2. The van der Waals surface area contributed by atoms with Crippen LogP contribution in [0.2, 0.25) is 0 Å². The van der Waals surface area contributed by atoms with Crippen LogP contribution in [0.1, 0.15) is 49.4 Å². The lowest BCUT2D eigenvalue weighted by Crippen LogP contribution is -2.47. The molecule has 0 spiro atoms. The van der Waals surface area contributed by atoms with E-state index in [1.54, 1.807) is 17.0 Å². The Morgan fingerprint density at radius 3 is 2.59 bits per heavy atom. The summed E-state index contributed by atoms with van der Waals surface area (Å²) in [6, 6.07) is 11.6. The van der Waals surface area contributed by atoms with Gasteiger partial charge in [0.15, 0.2) is 0 Å². The molecule has 6 nitrogen and oxygen atoms in total. The third-order valence-electron chi connectivity index (χ3n) is 5.75. The number of urea groups is 1. The molecule has 0 radical (unpaired) electrons. The Hall–Kier alpha value is -3.48. The van der Waals surface area contributed by atoms with Crippen LogP contribution in [0.5, 0.6) is 0 Å². The molecule has 2 amide bonds. The highest BCUT2D eigenvalue weighted by molar-refractivity contribution is 5.87. The zero-order valence-corrected chi connectivity index (χ0v) is 18.9. The second-order valence-corrected chi connectivity index (χ2v) is 8.66. The molecule has 1 aromatic heterocycles. The largest absolute Gasteiger partial charge is 0.334 e. The smallest absolute Gasteiger partial charge is 0.322 e. The van der Waals surface area contributed by atoms with Gasteiger partial charge in [-0.05, 0) is 55.5 Å². The lowest BCUT2D eigenvalue weighted by molar-refractivity contribution is 0.199. The highest BCUT2D eigenvalue weighted by atomic mass is 19.1. The van der Waals surface area contributed by atoms with E-state index in [1.165, 1.54) is 17.7 Å². The van der Waals surface area contributed by atoms with E-state index in [1.807, 2.05) is 32.9 Å². The first-order chi connectivity index (χ1) is 15.2. The number of nitrogens with zero attached hydrogens (tertiary/aromatic N) is 3. The Morgan fingerprint density at radius 2 is 1.91 bits per heavy atom. The Bertz CT molecular complexity index is 1200. The van der Waals surface area contributed by atoms with Gasteiger partial charge in [0.05, 0.1) is 11.6 Å². The van der Waals surface area contributed by atoms with Crippen molar-refractivity contribution >= 4 is 11.6 Å². The topological polar surface area (TPSA) is 71.3 Å². The fraction of sp³-hybridized carbons (Fsp3) is 0.320. The van der Waals surface area contributed by atoms with Crippen LogP contribution in [0.15, 0.2) is 52.7 Å². The Labute approximate surface area is 187 Å². The van der Waals surface area contributed by atoms with E-state index in [2.05, 4.69) is 35.4 Å². The molecule has 3 aromatic rings. The van der Waals surface area contributed by atoms with E-state index in [0.29, 0.717) is 23.8 Å². The van der Waals surface area contributed by atoms with Gasteiger partial charge in [-0.3, -0.25) is 4.90 Å². The molecule has 0 bridgehead atoms. The summed E-state index contributed by atoms with van der Waals surface area (Å²) in [4.78, 5) is 19.3. The lowest BCUT2D eigenvalue weighted by atomic mass is 9.92. The van der Waals surface area contributed by atoms with Crippen LogP contribution in [0.4, 0.5) is 9.18 Å². The molecule has 166 valence electrons. The van der Waals surface area contributed by atoms with Gasteiger partial charge >= 0.3 is 6.03 Å². The maximum Gasteiger partial charge on any atom is 0.322 e. The Balaban J connectivity index is 1.83. The number of rotatable bonds is 5. The van der Waals surface area contributed by atoms with Gasteiger partial charge in [0.25, 0.3) is 5.89 Å². The SMILES string of the molecule is CC1=C(c2nc(-c3cccc(F)c3)no2)C(c2ccc(C)c(C)c2)NC(=O)N1CC(C)C. The number of allylic oxidation sites excluding steroid dienone is 1. The van der Waals surface area contributed by atoms with Crippen LogP contribution in [0.3, 0.4) is 0 Å². The minimum absolute atomic E-state index is 0.159. The molecule has 0 fully saturated rings. The van der Waals surface area contributed by atoms with Gasteiger partial charge in [-0.25, -0.2) is 9.18 Å². The van der Waals surface area contributed by atoms with Gasteiger partial charge in [0, 0.05) is 17.8 Å². The first-order valence-electron chi connectivity index (χ1n) is 10.7. The summed E-state index contributed by atoms with van der Waals surface area (Å²) >= 11 is 0. The minimum atomic E-state index is -0.439. The average molecular weight is 435 g/mol. The number of carbonyl (C=O) groups excluding carboxylic acids is 1. The fourth-order valence-corrected chi connectivity index (χ4v) is 3.92. The van der Waals surface area contributed by atoms with Crippen LogP contribution in [0.25, 0.3) is 17.0 Å². The van der Waals surface area contributed by atoms with E-state index in [0.717, 1.165) is 22.4 Å². The molecule has 7 heteroatoms. The summed E-state index contributed by atoms with van der Waals surface area (Å²) in [5, 5.41) is 7.20. The van der Waals surface area contributed by atoms with Crippen molar-refractivity contribution in [3.05, 3.63) is 76.6 Å². The second-order valence-electron chi connectivity index (χ2n) is 8.66. The molecular formula is C25H27FN4O2. The molecule has 32 heavy (non-hydrogen) atoms. The summed E-state index contributed by atoms with van der Waals surface area (Å²) in [6.45, 7) is 10.7. The Kier molecular flexibility index (Phi) is 5.82. The number of hydrogen-bond donors (Lipinski definition) is 1. The van der Waals surface area contributed by atoms with Crippen molar-refractivity contribution in [2.45, 2.75) is 40.7 Å². The van der Waals surface area contributed by atoms with Crippen molar-refractivity contribution in [2.24, 2.45) is 5.92 Å². The second kappa shape index (κ2) is 8.57. The van der Waals surface area contributed by atoms with E-state index in [4.69, 9.17) is 4.52 Å². The number of nitrogens with one attached hydrogen (secondary N) is 1. The van der Waals surface area contributed by atoms with Crippen molar-refractivity contribution < 1.29 is 13.7 Å². The van der Waals surface area contributed by atoms with Gasteiger partial charge in [-0.1, -0.05) is 49.3 Å². The predicted molar refractivity (Wildman–Crippen MR) is 121 cm³/mol. The number of aromatic nitrogens is 2. The van der Waals surface area contributed by atoms with Crippen LogP contribution in [-0.2, 0) is 0 Å². The molecule has 0 saturated carbocycles. The molecule has 1 N–H and O–H groups in total. The van der Waals surface area contributed by atoms with Crippen LogP contribution < -0.4 is 5.32 Å². The van der Waals surface area contributed by atoms with E-state index >= 15 is 0 Å². The summed E-state index contributed by atoms with van der Waals surface area (Å²) in [7, 11) is 0. The van der Waals surface area contributed by atoms with Gasteiger partial charge < -0.3 is 9.84 Å². The van der Waals surface area contributed by atoms with Gasteiger partial charge in [0.1, 0.15) is 5.82 Å². The zero-order chi connectivity index (χ0) is 23.0. The quantitative estimate of drug-likeness (QED) is 0.564.